The first-order valence-corrected chi connectivity index (χ1v) is 5.48. The van der Waals surface area contributed by atoms with Crippen molar-refractivity contribution < 1.29 is 19.1 Å². The largest absolute Gasteiger partial charge is 0.478 e. The summed E-state index contributed by atoms with van der Waals surface area (Å²) in [7, 11) is 0. The van der Waals surface area contributed by atoms with Gasteiger partial charge in [-0.1, -0.05) is 0 Å². The van der Waals surface area contributed by atoms with Crippen LogP contribution < -0.4 is 10.6 Å². The number of amides is 1. The molecular weight excluding hydrogens is 241 g/mol. The maximum absolute atomic E-state index is 12.9. The molecule has 0 aromatic carbocycles. The van der Waals surface area contributed by atoms with Gasteiger partial charge in [-0.25, -0.2) is 14.2 Å². The van der Waals surface area contributed by atoms with Crippen molar-refractivity contribution in [1.29, 1.82) is 0 Å². The number of rotatable bonds is 3. The second-order valence-corrected chi connectivity index (χ2v) is 4.04. The van der Waals surface area contributed by atoms with Crippen molar-refractivity contribution in [2.75, 3.05) is 11.9 Å². The van der Waals surface area contributed by atoms with Crippen LogP contribution in [0.1, 0.15) is 23.2 Å². The predicted octanol–water partition coefficient (Wildman–Crippen LogP) is 0.609. The van der Waals surface area contributed by atoms with E-state index in [0.29, 0.717) is 19.4 Å². The number of nitrogens with zero attached hydrogens (tertiary/aromatic N) is 1. The van der Waals surface area contributed by atoms with E-state index in [-0.39, 0.29) is 23.3 Å². The Bertz CT molecular complexity index is 482. The van der Waals surface area contributed by atoms with Crippen LogP contribution in [0.4, 0.5) is 10.2 Å². The number of carboxylic acids is 1. The van der Waals surface area contributed by atoms with Crippen LogP contribution in [0.25, 0.3) is 0 Å². The molecule has 0 bridgehead atoms. The van der Waals surface area contributed by atoms with Crippen molar-refractivity contribution >= 4 is 17.7 Å². The van der Waals surface area contributed by atoms with E-state index >= 15 is 0 Å². The summed E-state index contributed by atoms with van der Waals surface area (Å²) in [5, 5.41) is 14.5. The number of pyridine rings is 1. The van der Waals surface area contributed by atoms with Gasteiger partial charge in [0.25, 0.3) is 0 Å². The van der Waals surface area contributed by atoms with Gasteiger partial charge in [-0.15, -0.1) is 0 Å². The minimum atomic E-state index is -1.25. The number of nitrogens with one attached hydrogen (secondary N) is 2. The molecule has 0 aliphatic carbocycles. The van der Waals surface area contributed by atoms with Gasteiger partial charge < -0.3 is 15.7 Å². The zero-order chi connectivity index (χ0) is 13.1. The third kappa shape index (κ3) is 2.73. The van der Waals surface area contributed by atoms with E-state index in [1.807, 2.05) is 0 Å². The minimum Gasteiger partial charge on any atom is -0.478 e. The quantitative estimate of drug-likeness (QED) is 0.734. The summed E-state index contributed by atoms with van der Waals surface area (Å²) in [5.41, 5.74) is -0.216. The van der Waals surface area contributed by atoms with Crippen molar-refractivity contribution in [1.82, 2.24) is 10.3 Å². The Labute approximate surface area is 102 Å². The van der Waals surface area contributed by atoms with Gasteiger partial charge in [0.1, 0.15) is 17.2 Å². The van der Waals surface area contributed by atoms with Gasteiger partial charge in [0.15, 0.2) is 0 Å². The average molecular weight is 253 g/mol. The number of aromatic nitrogens is 1. The van der Waals surface area contributed by atoms with E-state index in [4.69, 9.17) is 5.11 Å². The van der Waals surface area contributed by atoms with Crippen molar-refractivity contribution in [3.05, 3.63) is 23.6 Å². The van der Waals surface area contributed by atoms with E-state index < -0.39 is 11.8 Å². The van der Waals surface area contributed by atoms with Crippen molar-refractivity contribution in [2.45, 2.75) is 18.9 Å². The zero-order valence-corrected chi connectivity index (χ0v) is 9.44. The highest BCUT2D eigenvalue weighted by Crippen LogP contribution is 2.16. The van der Waals surface area contributed by atoms with E-state index in [1.165, 1.54) is 0 Å². The fraction of sp³-hybridized carbons (Fsp3) is 0.364. The van der Waals surface area contributed by atoms with Gasteiger partial charge in [0.2, 0.25) is 5.91 Å². The highest BCUT2D eigenvalue weighted by atomic mass is 19.1. The molecule has 6 nitrogen and oxygen atoms in total. The third-order valence-corrected chi connectivity index (χ3v) is 2.69. The lowest BCUT2D eigenvalue weighted by Gasteiger charge is -2.24. The molecule has 0 spiro atoms. The first-order valence-electron chi connectivity index (χ1n) is 5.48. The standard InChI is InChI=1S/C11H12FN3O3/c12-6-3-8(11(17)18)10(14-4-6)15-7-1-2-9(16)13-5-7/h3-4,7H,1-2,5H2,(H,13,16)(H,14,15)(H,17,18). The summed E-state index contributed by atoms with van der Waals surface area (Å²) in [4.78, 5) is 25.7. The topological polar surface area (TPSA) is 91.3 Å². The fourth-order valence-electron chi connectivity index (χ4n) is 1.77. The molecule has 1 aliphatic rings. The zero-order valence-electron chi connectivity index (χ0n) is 9.44. The molecular formula is C11H12FN3O3. The van der Waals surface area contributed by atoms with Crippen LogP contribution >= 0.6 is 0 Å². The summed E-state index contributed by atoms with van der Waals surface area (Å²) in [6.07, 6.45) is 1.92. The Hall–Kier alpha value is -2.18. The molecule has 3 N–H and O–H groups in total. The smallest absolute Gasteiger partial charge is 0.339 e. The van der Waals surface area contributed by atoms with E-state index in [2.05, 4.69) is 15.6 Å². The Balaban J connectivity index is 2.13. The maximum atomic E-state index is 12.9. The van der Waals surface area contributed by atoms with Gasteiger partial charge >= 0.3 is 5.97 Å². The van der Waals surface area contributed by atoms with Crippen molar-refractivity contribution in [3.63, 3.8) is 0 Å². The van der Waals surface area contributed by atoms with Gasteiger partial charge in [-0.3, -0.25) is 4.79 Å². The molecule has 1 fully saturated rings. The van der Waals surface area contributed by atoms with Crippen LogP contribution in [-0.4, -0.2) is 34.6 Å². The molecule has 96 valence electrons. The lowest BCUT2D eigenvalue weighted by Crippen LogP contribution is -2.42. The van der Waals surface area contributed by atoms with E-state index in [1.54, 1.807) is 0 Å². The number of carbonyl (C=O) groups excluding carboxylic acids is 1. The molecule has 1 saturated heterocycles. The molecule has 1 unspecified atom stereocenters. The van der Waals surface area contributed by atoms with Crippen LogP contribution in [0.5, 0.6) is 0 Å². The minimum absolute atomic E-state index is 0.0291. The van der Waals surface area contributed by atoms with Gasteiger partial charge in [-0.05, 0) is 12.5 Å². The number of anilines is 1. The maximum Gasteiger partial charge on any atom is 0.339 e. The number of aromatic carboxylic acids is 1. The van der Waals surface area contributed by atoms with Gasteiger partial charge in [0, 0.05) is 19.0 Å². The van der Waals surface area contributed by atoms with Gasteiger partial charge in [-0.2, -0.15) is 0 Å². The summed E-state index contributed by atoms with van der Waals surface area (Å²) >= 11 is 0. The lowest BCUT2D eigenvalue weighted by atomic mass is 10.1. The Morgan fingerprint density at radius 1 is 1.61 bits per heavy atom. The van der Waals surface area contributed by atoms with Crippen molar-refractivity contribution in [3.8, 4) is 0 Å². The molecule has 1 aromatic heterocycles. The molecule has 18 heavy (non-hydrogen) atoms. The average Bonchev–Trinajstić information content (AvgIpc) is 2.34. The highest BCUT2D eigenvalue weighted by Gasteiger charge is 2.21. The Morgan fingerprint density at radius 2 is 2.39 bits per heavy atom. The Kier molecular flexibility index (Phi) is 3.40. The number of piperidine rings is 1. The fourth-order valence-corrected chi connectivity index (χ4v) is 1.77. The second-order valence-electron chi connectivity index (χ2n) is 4.04. The molecule has 0 saturated carbocycles. The summed E-state index contributed by atoms with van der Waals surface area (Å²) < 4.78 is 12.9. The van der Waals surface area contributed by atoms with Crippen LogP contribution in [0.3, 0.4) is 0 Å². The summed E-state index contributed by atoms with van der Waals surface area (Å²) in [5.74, 6) is -1.86. The molecule has 1 aliphatic heterocycles. The van der Waals surface area contributed by atoms with Gasteiger partial charge in [0.05, 0.1) is 6.20 Å². The second kappa shape index (κ2) is 4.99. The number of hydrogen-bond acceptors (Lipinski definition) is 4. The van der Waals surface area contributed by atoms with E-state index in [9.17, 15) is 14.0 Å². The summed E-state index contributed by atoms with van der Waals surface area (Å²) in [6, 6.07) is 0.817. The van der Waals surface area contributed by atoms with E-state index in [0.717, 1.165) is 12.3 Å². The van der Waals surface area contributed by atoms with Crippen LogP contribution in [-0.2, 0) is 4.79 Å². The number of hydrogen-bond donors (Lipinski definition) is 3. The first kappa shape index (κ1) is 12.3. The number of carbonyl (C=O) groups is 2. The SMILES string of the molecule is O=C1CCC(Nc2ncc(F)cc2C(=O)O)CN1. The number of halogens is 1. The lowest BCUT2D eigenvalue weighted by molar-refractivity contribution is -0.122. The molecule has 2 heterocycles. The third-order valence-electron chi connectivity index (χ3n) is 2.69. The number of carboxylic acid groups (broad SMARTS) is 1. The molecule has 7 heteroatoms. The summed E-state index contributed by atoms with van der Waals surface area (Å²) in [6.45, 7) is 0.400. The normalized spacial score (nSPS) is 19.2. The molecule has 1 amide bonds. The molecule has 0 radical (unpaired) electrons. The van der Waals surface area contributed by atoms with Crippen LogP contribution in [0, 0.1) is 5.82 Å². The van der Waals surface area contributed by atoms with Crippen LogP contribution in [0.15, 0.2) is 12.3 Å². The molecule has 2 rings (SSSR count). The monoisotopic (exact) mass is 253 g/mol. The molecule has 1 atom stereocenters. The highest BCUT2D eigenvalue weighted by molar-refractivity contribution is 5.93. The predicted molar refractivity (Wildman–Crippen MR) is 60.8 cm³/mol. The van der Waals surface area contributed by atoms with Crippen LogP contribution in [0.2, 0.25) is 0 Å². The molecule has 1 aromatic rings. The van der Waals surface area contributed by atoms with Crippen molar-refractivity contribution in [2.24, 2.45) is 0 Å². The Morgan fingerprint density at radius 3 is 3.00 bits per heavy atom. The first-order chi connectivity index (χ1) is 8.56.